The molecule has 0 bridgehead atoms. The number of hydrogen-bond donors (Lipinski definition) is 3. The fourth-order valence-corrected chi connectivity index (χ4v) is 5.65. The number of halogens is 1. The fourth-order valence-electron chi connectivity index (χ4n) is 4.38. The predicted octanol–water partition coefficient (Wildman–Crippen LogP) is 6.13. The lowest BCUT2D eigenvalue weighted by Crippen LogP contribution is -2.27. The molecule has 0 aliphatic carbocycles. The highest BCUT2D eigenvalue weighted by Crippen LogP contribution is 2.39. The minimum atomic E-state index is -0.226. The third-order valence-electron chi connectivity index (χ3n) is 6.85. The molecule has 4 rings (SSSR count). The van der Waals surface area contributed by atoms with Crippen molar-refractivity contribution in [2.24, 2.45) is 4.99 Å². The molecule has 0 spiro atoms. The molecule has 8 nitrogen and oxygen atoms in total. The standard InChI is InChI=1S/C34H33BrN2O6S/c1-22(29-21-44-33(32(29)41)24-10-12-28(35)13-11-24)37-20-31(40)27-4-2-3-26(19-27)30(39)14-7-23-5-8-25(9-6-23)34(42)36-15-17-43-18-16-38/h2-6,8-13,19,21,38,41H,7,14-18,20H2,1H3,(H,36,42). The van der Waals surface area contributed by atoms with Crippen molar-refractivity contribution in [1.29, 1.82) is 0 Å². The average molecular weight is 678 g/mol. The van der Waals surface area contributed by atoms with Crippen molar-refractivity contribution < 1.29 is 29.3 Å². The van der Waals surface area contributed by atoms with Crippen molar-refractivity contribution >= 4 is 50.5 Å². The highest BCUT2D eigenvalue weighted by Gasteiger charge is 2.16. The van der Waals surface area contributed by atoms with Crippen LogP contribution in [0, 0.1) is 0 Å². The van der Waals surface area contributed by atoms with E-state index < -0.39 is 0 Å². The molecule has 0 aliphatic heterocycles. The molecule has 0 fully saturated rings. The number of aryl methyl sites for hydroxylation is 1. The van der Waals surface area contributed by atoms with Crippen LogP contribution in [0.2, 0.25) is 0 Å². The van der Waals surface area contributed by atoms with E-state index in [0.29, 0.717) is 47.5 Å². The molecule has 0 atom stereocenters. The molecule has 3 N–H and O–H groups in total. The maximum atomic E-state index is 12.9. The summed E-state index contributed by atoms with van der Waals surface area (Å²) < 4.78 is 6.08. The van der Waals surface area contributed by atoms with Gasteiger partial charge >= 0.3 is 0 Å². The smallest absolute Gasteiger partial charge is 0.251 e. The van der Waals surface area contributed by atoms with Crippen LogP contribution in [0.4, 0.5) is 0 Å². The minimum absolute atomic E-state index is 0.0605. The summed E-state index contributed by atoms with van der Waals surface area (Å²) >= 11 is 4.83. The van der Waals surface area contributed by atoms with E-state index >= 15 is 0 Å². The third kappa shape index (κ3) is 9.03. The Hall–Kier alpha value is -3.96. The van der Waals surface area contributed by atoms with Gasteiger partial charge in [-0.1, -0.05) is 58.4 Å². The monoisotopic (exact) mass is 676 g/mol. The molecule has 0 radical (unpaired) electrons. The molecule has 3 aromatic carbocycles. The quantitative estimate of drug-likeness (QED) is 0.0791. The Morgan fingerprint density at radius 1 is 0.932 bits per heavy atom. The lowest BCUT2D eigenvalue weighted by Gasteiger charge is -2.07. The molecule has 0 unspecified atom stereocenters. The van der Waals surface area contributed by atoms with Gasteiger partial charge in [-0.25, -0.2) is 0 Å². The first-order valence-electron chi connectivity index (χ1n) is 14.1. The first-order chi connectivity index (χ1) is 21.3. The maximum Gasteiger partial charge on any atom is 0.251 e. The number of nitrogens with zero attached hydrogens (tertiary/aromatic N) is 1. The number of thiophene rings is 1. The second-order valence-corrected chi connectivity index (χ2v) is 11.7. The minimum Gasteiger partial charge on any atom is -0.506 e. The number of aliphatic hydroxyl groups excluding tert-OH is 1. The van der Waals surface area contributed by atoms with Crippen molar-refractivity contribution in [2.45, 2.75) is 19.8 Å². The zero-order valence-corrected chi connectivity index (χ0v) is 26.6. The molecule has 44 heavy (non-hydrogen) atoms. The summed E-state index contributed by atoms with van der Waals surface area (Å²) in [7, 11) is 0. The van der Waals surface area contributed by atoms with Crippen LogP contribution in [0.5, 0.6) is 5.75 Å². The number of Topliss-reactive ketones (excluding diaryl/α,β-unsaturated/α-hetero) is 2. The van der Waals surface area contributed by atoms with E-state index in [-0.39, 0.29) is 49.4 Å². The van der Waals surface area contributed by atoms with E-state index in [4.69, 9.17) is 9.84 Å². The van der Waals surface area contributed by atoms with E-state index in [0.717, 1.165) is 20.5 Å². The van der Waals surface area contributed by atoms with Crippen LogP contribution in [-0.2, 0) is 11.2 Å². The Kier molecular flexibility index (Phi) is 12.1. The summed E-state index contributed by atoms with van der Waals surface area (Å²) in [6.07, 6.45) is 0.741. The summed E-state index contributed by atoms with van der Waals surface area (Å²) in [5.41, 5.74) is 4.30. The van der Waals surface area contributed by atoms with Crippen LogP contribution in [0.3, 0.4) is 0 Å². The van der Waals surface area contributed by atoms with Gasteiger partial charge in [0.25, 0.3) is 5.91 Å². The number of carbonyl (C=O) groups excluding carboxylic acids is 3. The summed E-state index contributed by atoms with van der Waals surface area (Å²) in [6.45, 7) is 2.48. The first-order valence-corrected chi connectivity index (χ1v) is 15.7. The number of carbonyl (C=O) groups is 3. The highest BCUT2D eigenvalue weighted by molar-refractivity contribution is 9.10. The lowest BCUT2D eigenvalue weighted by molar-refractivity contribution is 0.0837. The largest absolute Gasteiger partial charge is 0.506 e. The van der Waals surface area contributed by atoms with Crippen molar-refractivity contribution in [1.82, 2.24) is 5.32 Å². The molecule has 1 heterocycles. The van der Waals surface area contributed by atoms with Gasteiger partial charge in [0.15, 0.2) is 11.6 Å². The number of aromatic hydroxyl groups is 1. The topological polar surface area (TPSA) is 125 Å². The normalized spacial score (nSPS) is 11.4. The first kappa shape index (κ1) is 32.9. The molecule has 0 saturated carbocycles. The Balaban J connectivity index is 1.30. The van der Waals surface area contributed by atoms with E-state index in [9.17, 15) is 19.5 Å². The van der Waals surface area contributed by atoms with Crippen molar-refractivity contribution in [3.8, 4) is 16.2 Å². The number of nitrogens with one attached hydrogen (secondary N) is 1. The van der Waals surface area contributed by atoms with Crippen LogP contribution in [0.15, 0.2) is 87.6 Å². The lowest BCUT2D eigenvalue weighted by atomic mass is 9.99. The number of ketones is 2. The van der Waals surface area contributed by atoms with Crippen LogP contribution in [0.1, 0.15) is 55.5 Å². The van der Waals surface area contributed by atoms with Crippen LogP contribution >= 0.6 is 27.3 Å². The maximum absolute atomic E-state index is 12.9. The van der Waals surface area contributed by atoms with Gasteiger partial charge in [0.2, 0.25) is 0 Å². The molecular weight excluding hydrogens is 644 g/mol. The third-order valence-corrected chi connectivity index (χ3v) is 8.40. The van der Waals surface area contributed by atoms with Crippen molar-refractivity contribution in [2.75, 3.05) is 32.9 Å². The Bertz CT molecular complexity index is 1630. The van der Waals surface area contributed by atoms with E-state index in [1.165, 1.54) is 11.3 Å². The Morgan fingerprint density at radius 2 is 1.64 bits per heavy atom. The average Bonchev–Trinajstić information content (AvgIpc) is 3.43. The zero-order valence-electron chi connectivity index (χ0n) is 24.2. The summed E-state index contributed by atoms with van der Waals surface area (Å²) in [6, 6.07) is 21.4. The van der Waals surface area contributed by atoms with Crippen molar-refractivity contribution in [3.05, 3.63) is 110 Å². The molecule has 10 heteroatoms. The number of amides is 1. The SMILES string of the molecule is CC(=NCC(=O)c1cccc(C(=O)CCc2ccc(C(=O)NCCOCCO)cc2)c1)c1csc(-c2ccc(Br)cc2)c1O. The summed E-state index contributed by atoms with van der Waals surface area (Å²) in [5, 5.41) is 24.1. The molecule has 4 aromatic rings. The summed E-state index contributed by atoms with van der Waals surface area (Å²) in [5.74, 6) is -0.404. The van der Waals surface area contributed by atoms with Crippen LogP contribution in [-0.4, -0.2) is 66.3 Å². The van der Waals surface area contributed by atoms with Gasteiger partial charge in [0.05, 0.1) is 24.7 Å². The van der Waals surface area contributed by atoms with Gasteiger partial charge in [-0.2, -0.15) is 0 Å². The highest BCUT2D eigenvalue weighted by atomic mass is 79.9. The van der Waals surface area contributed by atoms with Gasteiger partial charge < -0.3 is 20.3 Å². The Morgan fingerprint density at radius 3 is 2.34 bits per heavy atom. The molecule has 0 saturated heterocycles. The van der Waals surface area contributed by atoms with Gasteiger partial charge in [0.1, 0.15) is 12.3 Å². The van der Waals surface area contributed by atoms with Crippen LogP contribution < -0.4 is 5.32 Å². The molecule has 1 aromatic heterocycles. The Labute approximate surface area is 268 Å². The van der Waals surface area contributed by atoms with Crippen LogP contribution in [0.25, 0.3) is 10.4 Å². The summed E-state index contributed by atoms with van der Waals surface area (Å²) in [4.78, 5) is 43.3. The van der Waals surface area contributed by atoms with Gasteiger partial charge in [-0.05, 0) is 54.8 Å². The molecule has 1 amide bonds. The number of benzene rings is 3. The predicted molar refractivity (Wildman–Crippen MR) is 176 cm³/mol. The van der Waals surface area contributed by atoms with E-state index in [1.54, 1.807) is 43.3 Å². The number of hydrogen-bond acceptors (Lipinski definition) is 8. The molecular formula is C34H33BrN2O6S. The second-order valence-electron chi connectivity index (χ2n) is 9.95. The zero-order chi connectivity index (χ0) is 31.5. The number of aliphatic imine (C=N–C) groups is 1. The van der Waals surface area contributed by atoms with Gasteiger partial charge in [-0.15, -0.1) is 11.3 Å². The van der Waals surface area contributed by atoms with Gasteiger partial charge in [-0.3, -0.25) is 19.4 Å². The van der Waals surface area contributed by atoms with E-state index in [1.807, 2.05) is 41.8 Å². The molecule has 0 aliphatic rings. The second kappa shape index (κ2) is 16.2. The van der Waals surface area contributed by atoms with Gasteiger partial charge in [0, 0.05) is 50.8 Å². The molecule has 228 valence electrons. The number of aliphatic hydroxyl groups is 1. The van der Waals surface area contributed by atoms with E-state index in [2.05, 4.69) is 26.2 Å². The number of rotatable bonds is 15. The number of ether oxygens (including phenoxy) is 1. The van der Waals surface area contributed by atoms with Crippen molar-refractivity contribution in [3.63, 3.8) is 0 Å². The fraction of sp³-hybridized carbons (Fsp3) is 0.235.